The first-order valence-corrected chi connectivity index (χ1v) is 11.7. The minimum atomic E-state index is -1.18. The van der Waals surface area contributed by atoms with Crippen molar-refractivity contribution in [2.24, 2.45) is 17.6 Å². The predicted molar refractivity (Wildman–Crippen MR) is 130 cm³/mol. The Kier molecular flexibility index (Phi) is 11.9. The van der Waals surface area contributed by atoms with E-state index in [-0.39, 0.29) is 24.0 Å². The zero-order valence-corrected chi connectivity index (χ0v) is 20.5. The lowest BCUT2D eigenvalue weighted by Gasteiger charge is -2.27. The Balaban J connectivity index is 2.86. The maximum Gasteiger partial charge on any atom is 0.326 e. The summed E-state index contributed by atoms with van der Waals surface area (Å²) in [6.07, 6.45) is 0.805. The van der Waals surface area contributed by atoms with Gasteiger partial charge in [-0.25, -0.2) is 4.79 Å². The van der Waals surface area contributed by atoms with Crippen LogP contribution >= 0.6 is 12.6 Å². The number of hydrogen-bond acceptors (Lipinski definition) is 6. The van der Waals surface area contributed by atoms with E-state index in [9.17, 15) is 24.3 Å². The van der Waals surface area contributed by atoms with Crippen LogP contribution in [0.15, 0.2) is 30.3 Å². The van der Waals surface area contributed by atoms with Gasteiger partial charge in [0.1, 0.15) is 18.1 Å². The number of rotatable bonds is 13. The largest absolute Gasteiger partial charge is 0.480 e. The molecule has 5 unspecified atom stereocenters. The normalized spacial score (nSPS) is 15.6. The van der Waals surface area contributed by atoms with Gasteiger partial charge in [0.15, 0.2) is 0 Å². The van der Waals surface area contributed by atoms with E-state index < -0.39 is 47.9 Å². The molecule has 0 aliphatic heterocycles. The Bertz CT molecular complexity index is 805. The lowest BCUT2D eigenvalue weighted by atomic mass is 9.99. The lowest BCUT2D eigenvalue weighted by Crippen LogP contribution is -2.59. The van der Waals surface area contributed by atoms with Crippen molar-refractivity contribution in [3.8, 4) is 0 Å². The summed E-state index contributed by atoms with van der Waals surface area (Å²) in [6.45, 7) is 7.21. The van der Waals surface area contributed by atoms with E-state index in [4.69, 9.17) is 5.73 Å². The first-order valence-electron chi connectivity index (χ1n) is 11.1. The van der Waals surface area contributed by atoms with E-state index in [2.05, 4.69) is 28.6 Å². The highest BCUT2D eigenvalue weighted by Gasteiger charge is 2.32. The monoisotopic (exact) mass is 480 g/mol. The SMILES string of the molecule is CCC(C)C(N)C(=O)NC(CS)C(=O)NC(C(=O)NC(Cc1ccccc1)C(=O)O)C(C)C. The maximum absolute atomic E-state index is 12.9. The van der Waals surface area contributed by atoms with Crippen molar-refractivity contribution in [1.82, 2.24) is 16.0 Å². The molecule has 1 aromatic carbocycles. The van der Waals surface area contributed by atoms with Gasteiger partial charge in [-0.15, -0.1) is 0 Å². The van der Waals surface area contributed by atoms with Crippen molar-refractivity contribution in [3.63, 3.8) is 0 Å². The number of carboxylic acid groups (broad SMARTS) is 1. The molecule has 3 amide bonds. The van der Waals surface area contributed by atoms with Crippen LogP contribution in [0, 0.1) is 11.8 Å². The molecule has 0 aromatic heterocycles. The molecule has 10 heteroatoms. The van der Waals surface area contributed by atoms with Crippen LogP contribution in [0.5, 0.6) is 0 Å². The zero-order chi connectivity index (χ0) is 25.1. The van der Waals surface area contributed by atoms with E-state index in [1.807, 2.05) is 19.9 Å². The molecular weight excluding hydrogens is 444 g/mol. The van der Waals surface area contributed by atoms with Gasteiger partial charge in [0.25, 0.3) is 0 Å². The number of amides is 3. The van der Waals surface area contributed by atoms with Gasteiger partial charge in [-0.05, 0) is 17.4 Å². The molecule has 0 aliphatic carbocycles. The first-order chi connectivity index (χ1) is 15.5. The third-order valence-electron chi connectivity index (χ3n) is 5.52. The summed E-state index contributed by atoms with van der Waals surface area (Å²) in [5.74, 6) is -3.28. The van der Waals surface area contributed by atoms with Crippen LogP contribution in [0.3, 0.4) is 0 Å². The van der Waals surface area contributed by atoms with Gasteiger partial charge in [0.2, 0.25) is 17.7 Å². The molecule has 0 spiro atoms. The van der Waals surface area contributed by atoms with E-state index in [0.717, 1.165) is 5.56 Å². The average molecular weight is 481 g/mol. The molecule has 184 valence electrons. The van der Waals surface area contributed by atoms with Gasteiger partial charge >= 0.3 is 5.97 Å². The lowest BCUT2D eigenvalue weighted by molar-refractivity contribution is -0.142. The third kappa shape index (κ3) is 9.05. The topological polar surface area (TPSA) is 151 Å². The summed E-state index contributed by atoms with van der Waals surface area (Å²) < 4.78 is 0. The summed E-state index contributed by atoms with van der Waals surface area (Å²) in [5.41, 5.74) is 6.69. The van der Waals surface area contributed by atoms with Crippen molar-refractivity contribution in [1.29, 1.82) is 0 Å². The Labute approximate surface area is 200 Å². The van der Waals surface area contributed by atoms with Crippen molar-refractivity contribution < 1.29 is 24.3 Å². The van der Waals surface area contributed by atoms with Crippen LogP contribution in [0.1, 0.15) is 39.7 Å². The summed E-state index contributed by atoms with van der Waals surface area (Å²) in [5, 5.41) is 17.3. The molecule has 0 bridgehead atoms. The minimum Gasteiger partial charge on any atom is -0.480 e. The number of benzene rings is 1. The van der Waals surface area contributed by atoms with Crippen molar-refractivity contribution >= 4 is 36.3 Å². The Morgan fingerprint density at radius 3 is 2.00 bits per heavy atom. The van der Waals surface area contributed by atoms with Crippen LogP contribution in [0.4, 0.5) is 0 Å². The minimum absolute atomic E-state index is 0.00297. The molecule has 9 nitrogen and oxygen atoms in total. The fraction of sp³-hybridized carbons (Fsp3) is 0.565. The van der Waals surface area contributed by atoms with Gasteiger partial charge < -0.3 is 26.8 Å². The van der Waals surface area contributed by atoms with Gasteiger partial charge in [-0.3, -0.25) is 14.4 Å². The standard InChI is InChI=1S/C23H36N4O5S/c1-5-14(4)18(24)21(29)26-17(12-33)20(28)27-19(13(2)3)22(30)25-16(23(31)32)11-15-9-7-6-8-10-15/h6-10,13-14,16-19,33H,5,11-12,24H2,1-4H3,(H,25,30)(H,26,29)(H,27,28)(H,31,32). The summed E-state index contributed by atoms with van der Waals surface area (Å²) >= 11 is 4.14. The van der Waals surface area contributed by atoms with Crippen molar-refractivity contribution in [2.75, 3.05) is 5.75 Å². The molecule has 1 rings (SSSR count). The van der Waals surface area contributed by atoms with Gasteiger partial charge in [-0.2, -0.15) is 12.6 Å². The Hall–Kier alpha value is -2.59. The summed E-state index contributed by atoms with van der Waals surface area (Å²) in [4.78, 5) is 49.7. The highest BCUT2D eigenvalue weighted by atomic mass is 32.1. The second-order valence-corrected chi connectivity index (χ2v) is 8.84. The molecule has 5 atom stereocenters. The molecule has 0 radical (unpaired) electrons. The molecule has 33 heavy (non-hydrogen) atoms. The zero-order valence-electron chi connectivity index (χ0n) is 19.6. The molecule has 0 fully saturated rings. The van der Waals surface area contributed by atoms with Gasteiger partial charge in [-0.1, -0.05) is 64.4 Å². The smallest absolute Gasteiger partial charge is 0.326 e. The molecule has 0 saturated carbocycles. The van der Waals surface area contributed by atoms with E-state index in [0.29, 0.717) is 6.42 Å². The number of carbonyl (C=O) groups is 4. The average Bonchev–Trinajstić information content (AvgIpc) is 2.79. The molecule has 0 heterocycles. The number of thiol groups is 1. The maximum atomic E-state index is 12.9. The number of hydrogen-bond donors (Lipinski definition) is 6. The van der Waals surface area contributed by atoms with Gasteiger partial charge in [0, 0.05) is 12.2 Å². The predicted octanol–water partition coefficient (Wildman–Crippen LogP) is 0.727. The van der Waals surface area contributed by atoms with Crippen LogP contribution in [-0.2, 0) is 25.6 Å². The number of nitrogens with two attached hydrogens (primary N) is 1. The third-order valence-corrected chi connectivity index (χ3v) is 5.88. The molecule has 0 saturated heterocycles. The second kappa shape index (κ2) is 13.8. The molecule has 0 aliphatic rings. The van der Waals surface area contributed by atoms with Crippen LogP contribution in [0.2, 0.25) is 0 Å². The van der Waals surface area contributed by atoms with Crippen LogP contribution < -0.4 is 21.7 Å². The van der Waals surface area contributed by atoms with E-state index in [1.54, 1.807) is 38.1 Å². The Morgan fingerprint density at radius 1 is 0.939 bits per heavy atom. The fourth-order valence-corrected chi connectivity index (χ4v) is 3.33. The number of nitrogens with one attached hydrogen (secondary N) is 3. The highest BCUT2D eigenvalue weighted by Crippen LogP contribution is 2.08. The number of carbonyl (C=O) groups excluding carboxylic acids is 3. The fourth-order valence-electron chi connectivity index (χ4n) is 3.07. The van der Waals surface area contributed by atoms with Crippen molar-refractivity contribution in [3.05, 3.63) is 35.9 Å². The summed E-state index contributed by atoms with van der Waals surface area (Å²) in [7, 11) is 0. The molecular formula is C23H36N4O5S. The second-order valence-electron chi connectivity index (χ2n) is 8.47. The summed E-state index contributed by atoms with van der Waals surface area (Å²) in [6, 6.07) is 4.99. The van der Waals surface area contributed by atoms with Crippen LogP contribution in [-0.4, -0.2) is 58.7 Å². The van der Waals surface area contributed by atoms with Crippen LogP contribution in [0.25, 0.3) is 0 Å². The quantitative estimate of drug-likeness (QED) is 0.229. The number of carboxylic acids is 1. The first kappa shape index (κ1) is 28.4. The van der Waals surface area contributed by atoms with E-state index >= 15 is 0 Å². The van der Waals surface area contributed by atoms with E-state index in [1.165, 1.54) is 0 Å². The van der Waals surface area contributed by atoms with Crippen molar-refractivity contribution in [2.45, 2.75) is 64.7 Å². The Morgan fingerprint density at radius 2 is 1.52 bits per heavy atom. The molecule has 6 N–H and O–H groups in total. The number of aliphatic carboxylic acids is 1. The van der Waals surface area contributed by atoms with Gasteiger partial charge in [0.05, 0.1) is 6.04 Å². The highest BCUT2D eigenvalue weighted by molar-refractivity contribution is 7.80. The molecule has 1 aromatic rings.